The smallest absolute Gasteiger partial charge is 0.279 e. The van der Waals surface area contributed by atoms with Crippen molar-refractivity contribution in [2.45, 2.75) is 6.92 Å². The molecule has 0 aliphatic heterocycles. The number of hydrogen-bond acceptors (Lipinski definition) is 4. The Balaban J connectivity index is 1.83. The number of quaternary nitrogens is 1. The highest BCUT2D eigenvalue weighted by atomic mass is 35.5. The van der Waals surface area contributed by atoms with Gasteiger partial charge in [0.05, 0.1) is 26.5 Å². The van der Waals surface area contributed by atoms with E-state index in [4.69, 9.17) is 21.1 Å². The molecule has 1 atom stereocenters. The second kappa shape index (κ2) is 10.5. The molecule has 2 aromatic carbocycles. The van der Waals surface area contributed by atoms with E-state index in [2.05, 4.69) is 10.6 Å². The summed E-state index contributed by atoms with van der Waals surface area (Å²) in [5.74, 6) is 0.835. The van der Waals surface area contributed by atoms with Crippen molar-refractivity contribution in [2.24, 2.45) is 0 Å². The van der Waals surface area contributed by atoms with Gasteiger partial charge in [0.15, 0.2) is 13.1 Å². The number of anilines is 2. The maximum Gasteiger partial charge on any atom is 0.279 e. The van der Waals surface area contributed by atoms with Crippen molar-refractivity contribution < 1.29 is 24.0 Å². The maximum absolute atomic E-state index is 12.3. The van der Waals surface area contributed by atoms with Crippen molar-refractivity contribution in [3.63, 3.8) is 0 Å². The number of amides is 2. The van der Waals surface area contributed by atoms with Crippen LogP contribution in [0.4, 0.5) is 11.4 Å². The van der Waals surface area contributed by atoms with Gasteiger partial charge >= 0.3 is 0 Å². The monoisotopic (exact) mass is 406 g/mol. The molecule has 0 saturated carbocycles. The summed E-state index contributed by atoms with van der Waals surface area (Å²) in [7, 11) is 3.29. The molecule has 0 bridgehead atoms. The molecule has 0 fully saturated rings. The third-order valence-corrected chi connectivity index (χ3v) is 4.04. The van der Waals surface area contributed by atoms with E-state index >= 15 is 0 Å². The zero-order chi connectivity index (χ0) is 20.5. The largest absolute Gasteiger partial charge is 0.495 e. The molecule has 0 aromatic heterocycles. The van der Waals surface area contributed by atoms with Crippen LogP contribution in [0.5, 0.6) is 11.5 Å². The van der Waals surface area contributed by atoms with Crippen molar-refractivity contribution in [2.75, 3.05) is 44.5 Å². The molecule has 0 aliphatic rings. The number of benzene rings is 2. The van der Waals surface area contributed by atoms with Crippen LogP contribution < -0.4 is 25.0 Å². The lowest BCUT2D eigenvalue weighted by Crippen LogP contribution is -3.11. The van der Waals surface area contributed by atoms with Gasteiger partial charge in [-0.15, -0.1) is 0 Å². The van der Waals surface area contributed by atoms with Crippen molar-refractivity contribution in [3.8, 4) is 11.5 Å². The molecule has 8 heteroatoms. The SMILES string of the molecule is CCOc1ccc(NC(=O)C[NH+](C)CC(=O)Nc2cc(Cl)ccc2OC)cc1. The van der Waals surface area contributed by atoms with E-state index in [1.807, 2.05) is 6.92 Å². The summed E-state index contributed by atoms with van der Waals surface area (Å²) in [6, 6.07) is 12.1. The Hall–Kier alpha value is -2.77. The zero-order valence-electron chi connectivity index (χ0n) is 16.2. The van der Waals surface area contributed by atoms with Crippen LogP contribution in [0, 0.1) is 0 Å². The van der Waals surface area contributed by atoms with Gasteiger partial charge in [-0.2, -0.15) is 0 Å². The molecule has 0 saturated heterocycles. The summed E-state index contributed by atoms with van der Waals surface area (Å²) >= 11 is 5.96. The standard InChI is InChI=1S/C20H24ClN3O4/c1-4-28-16-8-6-15(7-9-16)22-19(25)12-24(2)13-20(26)23-17-11-14(21)5-10-18(17)27-3/h5-11H,4,12-13H2,1-3H3,(H,22,25)(H,23,26)/p+1. The van der Waals surface area contributed by atoms with Gasteiger partial charge in [0, 0.05) is 10.7 Å². The first kappa shape index (κ1) is 21.5. The summed E-state index contributed by atoms with van der Waals surface area (Å²) in [5, 5.41) is 6.06. The van der Waals surface area contributed by atoms with Crippen molar-refractivity contribution >= 4 is 34.8 Å². The number of likely N-dealkylation sites (N-methyl/N-ethyl adjacent to an activating group) is 1. The molecule has 3 N–H and O–H groups in total. The molecule has 150 valence electrons. The number of rotatable bonds is 9. The minimum absolute atomic E-state index is 0.117. The van der Waals surface area contributed by atoms with Crippen LogP contribution in [0.2, 0.25) is 5.02 Å². The van der Waals surface area contributed by atoms with E-state index in [9.17, 15) is 9.59 Å². The Labute approximate surface area is 169 Å². The van der Waals surface area contributed by atoms with Crippen molar-refractivity contribution in [3.05, 3.63) is 47.5 Å². The van der Waals surface area contributed by atoms with Crippen LogP contribution >= 0.6 is 11.6 Å². The number of halogens is 1. The molecule has 28 heavy (non-hydrogen) atoms. The van der Waals surface area contributed by atoms with E-state index in [0.717, 1.165) is 10.6 Å². The Morgan fingerprint density at radius 3 is 2.29 bits per heavy atom. The second-order valence-corrected chi connectivity index (χ2v) is 6.65. The van der Waals surface area contributed by atoms with Gasteiger partial charge in [-0.25, -0.2) is 0 Å². The van der Waals surface area contributed by atoms with Gasteiger partial charge in [-0.1, -0.05) is 11.6 Å². The molecule has 2 aromatic rings. The number of nitrogens with one attached hydrogen (secondary N) is 3. The first-order valence-electron chi connectivity index (χ1n) is 8.88. The number of hydrogen-bond donors (Lipinski definition) is 3. The predicted octanol–water partition coefficient (Wildman–Crippen LogP) is 1.84. The quantitative estimate of drug-likeness (QED) is 0.593. The van der Waals surface area contributed by atoms with Gasteiger partial charge in [0.25, 0.3) is 11.8 Å². The summed E-state index contributed by atoms with van der Waals surface area (Å²) in [4.78, 5) is 25.2. The normalized spacial score (nSPS) is 11.4. The van der Waals surface area contributed by atoms with Crippen LogP contribution in [-0.4, -0.2) is 45.7 Å². The number of carbonyl (C=O) groups is 2. The van der Waals surface area contributed by atoms with Gasteiger partial charge in [0.2, 0.25) is 0 Å². The lowest BCUT2D eigenvalue weighted by atomic mass is 10.3. The van der Waals surface area contributed by atoms with Crippen molar-refractivity contribution in [1.29, 1.82) is 0 Å². The first-order chi connectivity index (χ1) is 13.4. The van der Waals surface area contributed by atoms with E-state index in [1.165, 1.54) is 7.11 Å². The lowest BCUT2D eigenvalue weighted by Gasteiger charge is -2.15. The van der Waals surface area contributed by atoms with Crippen LogP contribution in [0.1, 0.15) is 6.92 Å². The minimum atomic E-state index is -0.244. The summed E-state index contributed by atoms with van der Waals surface area (Å²) < 4.78 is 10.6. The average Bonchev–Trinajstić information content (AvgIpc) is 2.63. The number of ether oxygens (including phenoxy) is 2. The third-order valence-electron chi connectivity index (χ3n) is 3.81. The average molecular weight is 407 g/mol. The predicted molar refractivity (Wildman–Crippen MR) is 109 cm³/mol. The highest BCUT2D eigenvalue weighted by Crippen LogP contribution is 2.27. The Kier molecular flexibility index (Phi) is 8.10. The van der Waals surface area contributed by atoms with E-state index in [-0.39, 0.29) is 24.9 Å². The van der Waals surface area contributed by atoms with Crippen LogP contribution in [0.25, 0.3) is 0 Å². The summed E-state index contributed by atoms with van der Waals surface area (Å²) in [6.07, 6.45) is 0. The van der Waals surface area contributed by atoms with Gasteiger partial charge < -0.3 is 25.0 Å². The maximum atomic E-state index is 12.3. The first-order valence-corrected chi connectivity index (χ1v) is 9.26. The molecule has 7 nitrogen and oxygen atoms in total. The highest BCUT2D eigenvalue weighted by molar-refractivity contribution is 6.31. The van der Waals surface area contributed by atoms with Gasteiger partial charge in [0.1, 0.15) is 11.5 Å². The second-order valence-electron chi connectivity index (χ2n) is 6.21. The summed E-state index contributed by atoms with van der Waals surface area (Å²) in [5.41, 5.74) is 1.17. The molecule has 0 heterocycles. The molecule has 0 aliphatic carbocycles. The fourth-order valence-corrected chi connectivity index (χ4v) is 2.76. The van der Waals surface area contributed by atoms with Crippen LogP contribution in [0.15, 0.2) is 42.5 Å². The molecule has 1 unspecified atom stereocenters. The van der Waals surface area contributed by atoms with Crippen LogP contribution in [-0.2, 0) is 9.59 Å². The fraction of sp³-hybridized carbons (Fsp3) is 0.300. The topological polar surface area (TPSA) is 81.1 Å². The van der Waals surface area contributed by atoms with Crippen LogP contribution in [0.3, 0.4) is 0 Å². The zero-order valence-corrected chi connectivity index (χ0v) is 16.9. The lowest BCUT2D eigenvalue weighted by molar-refractivity contribution is -0.862. The van der Waals surface area contributed by atoms with E-state index in [0.29, 0.717) is 28.8 Å². The molecular weight excluding hydrogens is 382 g/mol. The number of methoxy groups -OCH3 is 1. The van der Waals surface area contributed by atoms with E-state index in [1.54, 1.807) is 49.5 Å². The van der Waals surface area contributed by atoms with Gasteiger partial charge in [-0.3, -0.25) is 9.59 Å². The van der Waals surface area contributed by atoms with Crippen molar-refractivity contribution in [1.82, 2.24) is 0 Å². The molecular formula is C20H25ClN3O4+. The molecule has 2 amide bonds. The summed E-state index contributed by atoms with van der Waals surface area (Å²) in [6.45, 7) is 2.76. The Morgan fingerprint density at radius 2 is 1.68 bits per heavy atom. The molecule has 0 spiro atoms. The minimum Gasteiger partial charge on any atom is -0.495 e. The van der Waals surface area contributed by atoms with Gasteiger partial charge in [-0.05, 0) is 49.4 Å². The molecule has 2 rings (SSSR count). The molecule has 0 radical (unpaired) electrons. The Morgan fingerprint density at radius 1 is 1.04 bits per heavy atom. The number of carbonyl (C=O) groups excluding carboxylic acids is 2. The Bertz CT molecular complexity index is 812. The highest BCUT2D eigenvalue weighted by Gasteiger charge is 2.16. The van der Waals surface area contributed by atoms with E-state index < -0.39 is 0 Å². The fourth-order valence-electron chi connectivity index (χ4n) is 2.59. The third kappa shape index (κ3) is 6.75.